The van der Waals surface area contributed by atoms with Gasteiger partial charge in [-0.15, -0.1) is 0 Å². The Labute approximate surface area is 87.7 Å². The number of H-pyrrole nitrogens is 1. The fourth-order valence-corrected chi connectivity index (χ4v) is 2.03. The van der Waals surface area contributed by atoms with Gasteiger partial charge >= 0.3 is 5.63 Å². The molecule has 1 aromatic heterocycles. The summed E-state index contributed by atoms with van der Waals surface area (Å²) in [4.78, 5) is 11.4. The summed E-state index contributed by atoms with van der Waals surface area (Å²) in [6.07, 6.45) is 1.60. The third kappa shape index (κ3) is 1.61. The third-order valence-corrected chi connectivity index (χ3v) is 2.52. The largest absolute Gasteiger partial charge is 0.364 e. The lowest BCUT2D eigenvalue weighted by Crippen LogP contribution is -1.99. The Bertz CT molecular complexity index is 526. The zero-order chi connectivity index (χ0) is 11.0. The second-order valence-electron chi connectivity index (χ2n) is 3.84. The highest BCUT2D eigenvalue weighted by Crippen LogP contribution is 2.25. The van der Waals surface area contributed by atoms with Crippen molar-refractivity contribution in [3.63, 3.8) is 0 Å². The quantitative estimate of drug-likeness (QED) is 0.774. The van der Waals surface area contributed by atoms with Crippen LogP contribution in [0.1, 0.15) is 16.7 Å². The highest BCUT2D eigenvalue weighted by atomic mass is 16.5. The predicted octanol–water partition coefficient (Wildman–Crippen LogP) is 2.56. The molecular weight excluding hydrogens is 190 g/mol. The Morgan fingerprint density at radius 1 is 1.13 bits per heavy atom. The van der Waals surface area contributed by atoms with Crippen LogP contribution in [0, 0.1) is 20.8 Å². The Hall–Kier alpha value is -1.77. The van der Waals surface area contributed by atoms with Crippen molar-refractivity contribution in [3.05, 3.63) is 45.4 Å². The van der Waals surface area contributed by atoms with Crippen LogP contribution in [0.15, 0.2) is 27.6 Å². The number of aryl methyl sites for hydroxylation is 3. The van der Waals surface area contributed by atoms with Gasteiger partial charge in [-0.2, -0.15) is 0 Å². The maximum atomic E-state index is 11.4. The lowest BCUT2D eigenvalue weighted by molar-refractivity contribution is 0.392. The second-order valence-corrected chi connectivity index (χ2v) is 3.84. The smallest absolute Gasteiger partial charge is 0.338 e. The van der Waals surface area contributed by atoms with E-state index in [4.69, 9.17) is 0 Å². The summed E-state index contributed by atoms with van der Waals surface area (Å²) in [5.41, 5.74) is 4.65. The Balaban J connectivity index is 2.74. The first-order chi connectivity index (χ1) is 7.09. The topological polar surface area (TPSA) is 46.0 Å². The van der Waals surface area contributed by atoms with Gasteiger partial charge in [0.1, 0.15) is 0 Å². The normalized spacial score (nSPS) is 10.6. The van der Waals surface area contributed by atoms with Gasteiger partial charge in [0.2, 0.25) is 0 Å². The van der Waals surface area contributed by atoms with E-state index >= 15 is 0 Å². The minimum atomic E-state index is -0.315. The van der Waals surface area contributed by atoms with Gasteiger partial charge in [-0.3, -0.25) is 0 Å². The van der Waals surface area contributed by atoms with Crippen molar-refractivity contribution in [1.82, 2.24) is 5.16 Å². The Morgan fingerprint density at radius 3 is 2.20 bits per heavy atom. The summed E-state index contributed by atoms with van der Waals surface area (Å²) < 4.78 is 4.68. The summed E-state index contributed by atoms with van der Waals surface area (Å²) in [6.45, 7) is 6.05. The van der Waals surface area contributed by atoms with Crippen LogP contribution in [0.5, 0.6) is 0 Å². The molecule has 1 aromatic carbocycles. The lowest BCUT2D eigenvalue weighted by Gasteiger charge is -2.07. The molecule has 78 valence electrons. The summed E-state index contributed by atoms with van der Waals surface area (Å²) in [5, 5.41) is 2.48. The molecule has 1 N–H and O–H groups in total. The zero-order valence-electron chi connectivity index (χ0n) is 9.05. The molecule has 0 saturated carbocycles. The Kier molecular flexibility index (Phi) is 2.23. The van der Waals surface area contributed by atoms with E-state index in [-0.39, 0.29) is 5.63 Å². The third-order valence-electron chi connectivity index (χ3n) is 2.52. The van der Waals surface area contributed by atoms with Crippen molar-refractivity contribution in [2.24, 2.45) is 0 Å². The average molecular weight is 203 g/mol. The van der Waals surface area contributed by atoms with Gasteiger partial charge in [-0.25, -0.2) is 9.95 Å². The summed E-state index contributed by atoms with van der Waals surface area (Å²) in [7, 11) is 0. The number of nitrogens with one attached hydrogen (secondary N) is 1. The van der Waals surface area contributed by atoms with E-state index in [1.165, 1.54) is 5.56 Å². The minimum Gasteiger partial charge on any atom is -0.338 e. The summed E-state index contributed by atoms with van der Waals surface area (Å²) in [5.74, 6) is 0. The molecule has 0 aliphatic carbocycles. The zero-order valence-corrected chi connectivity index (χ0v) is 9.05. The van der Waals surface area contributed by atoms with Crippen LogP contribution in [0.3, 0.4) is 0 Å². The van der Waals surface area contributed by atoms with E-state index in [1.54, 1.807) is 6.20 Å². The summed E-state index contributed by atoms with van der Waals surface area (Å²) in [6, 6.07) is 4.13. The van der Waals surface area contributed by atoms with Gasteiger partial charge in [-0.1, -0.05) is 17.7 Å². The lowest BCUT2D eigenvalue weighted by atomic mass is 9.96. The fraction of sp³-hybridized carbons (Fsp3) is 0.250. The van der Waals surface area contributed by atoms with Crippen molar-refractivity contribution in [2.45, 2.75) is 20.8 Å². The average Bonchev–Trinajstić information content (AvgIpc) is 2.50. The Morgan fingerprint density at radius 2 is 1.73 bits per heavy atom. The van der Waals surface area contributed by atoms with Crippen molar-refractivity contribution in [1.29, 1.82) is 0 Å². The van der Waals surface area contributed by atoms with Crippen LogP contribution in [0.25, 0.3) is 11.1 Å². The molecular formula is C12H13NO2. The monoisotopic (exact) mass is 203 g/mol. The molecule has 2 rings (SSSR count). The molecule has 0 bridgehead atoms. The minimum absolute atomic E-state index is 0.315. The van der Waals surface area contributed by atoms with Crippen LogP contribution < -0.4 is 5.63 Å². The van der Waals surface area contributed by atoms with Crippen molar-refractivity contribution in [3.8, 4) is 11.1 Å². The highest BCUT2D eigenvalue weighted by molar-refractivity contribution is 5.69. The van der Waals surface area contributed by atoms with E-state index in [0.29, 0.717) is 5.56 Å². The molecule has 3 heteroatoms. The van der Waals surface area contributed by atoms with Gasteiger partial charge in [0.05, 0.1) is 11.8 Å². The molecule has 0 unspecified atom stereocenters. The molecule has 0 aliphatic rings. The van der Waals surface area contributed by atoms with Gasteiger partial charge in [-0.05, 0) is 37.5 Å². The first kappa shape index (κ1) is 9.77. The SMILES string of the molecule is Cc1cc(C)c(-c2c[nH]oc2=O)c(C)c1. The van der Waals surface area contributed by atoms with E-state index in [0.717, 1.165) is 16.7 Å². The van der Waals surface area contributed by atoms with Crippen LogP contribution in [-0.4, -0.2) is 5.16 Å². The molecule has 2 aromatic rings. The molecule has 0 atom stereocenters. The number of aromatic nitrogens is 1. The van der Waals surface area contributed by atoms with Crippen molar-refractivity contribution >= 4 is 0 Å². The molecule has 1 heterocycles. The number of hydrogen-bond donors (Lipinski definition) is 1. The number of aromatic amines is 1. The molecule has 15 heavy (non-hydrogen) atoms. The van der Waals surface area contributed by atoms with Crippen LogP contribution in [0.4, 0.5) is 0 Å². The van der Waals surface area contributed by atoms with E-state index in [1.807, 2.05) is 20.8 Å². The van der Waals surface area contributed by atoms with Gasteiger partial charge in [0.15, 0.2) is 0 Å². The molecule has 0 spiro atoms. The summed E-state index contributed by atoms with van der Waals surface area (Å²) >= 11 is 0. The number of benzene rings is 1. The molecule has 0 radical (unpaired) electrons. The van der Waals surface area contributed by atoms with Crippen LogP contribution >= 0.6 is 0 Å². The van der Waals surface area contributed by atoms with Gasteiger partial charge in [0.25, 0.3) is 0 Å². The van der Waals surface area contributed by atoms with Gasteiger partial charge < -0.3 is 4.52 Å². The van der Waals surface area contributed by atoms with Crippen LogP contribution in [-0.2, 0) is 0 Å². The molecule has 0 aliphatic heterocycles. The van der Waals surface area contributed by atoms with Gasteiger partial charge in [0, 0.05) is 0 Å². The van der Waals surface area contributed by atoms with Crippen LogP contribution in [0.2, 0.25) is 0 Å². The highest BCUT2D eigenvalue weighted by Gasteiger charge is 2.11. The predicted molar refractivity (Wildman–Crippen MR) is 59.0 cm³/mol. The van der Waals surface area contributed by atoms with E-state index < -0.39 is 0 Å². The fourth-order valence-electron chi connectivity index (χ4n) is 2.03. The van der Waals surface area contributed by atoms with E-state index in [9.17, 15) is 4.79 Å². The molecule has 0 fully saturated rings. The first-order valence-electron chi connectivity index (χ1n) is 4.84. The second kappa shape index (κ2) is 3.42. The van der Waals surface area contributed by atoms with Crippen molar-refractivity contribution in [2.75, 3.05) is 0 Å². The number of hydrogen-bond acceptors (Lipinski definition) is 2. The van der Waals surface area contributed by atoms with Crippen molar-refractivity contribution < 1.29 is 4.52 Å². The standard InChI is InChI=1S/C12H13NO2/c1-7-4-8(2)11(9(3)5-7)10-6-13-15-12(10)14/h4-6,13H,1-3H3. The molecule has 3 nitrogen and oxygen atoms in total. The number of rotatable bonds is 1. The maximum absolute atomic E-state index is 11.4. The maximum Gasteiger partial charge on any atom is 0.364 e. The van der Waals surface area contributed by atoms with E-state index in [2.05, 4.69) is 21.8 Å². The first-order valence-corrected chi connectivity index (χ1v) is 4.84. The molecule has 0 amide bonds. The molecule has 0 saturated heterocycles.